The number of primary amides is 1. The van der Waals surface area contributed by atoms with E-state index < -0.39 is 53.7 Å². The van der Waals surface area contributed by atoms with Gasteiger partial charge in [0.1, 0.15) is 6.61 Å². The fraction of sp³-hybridized carbons (Fsp3) is 0.304. The zero-order valence-corrected chi connectivity index (χ0v) is 17.8. The Morgan fingerprint density at radius 3 is 2.24 bits per heavy atom. The second-order valence-corrected chi connectivity index (χ2v) is 7.83. The van der Waals surface area contributed by atoms with Crippen molar-refractivity contribution >= 4 is 18.1 Å². The molecule has 2 amide bonds. The summed E-state index contributed by atoms with van der Waals surface area (Å²) in [6, 6.07) is 6.03. The van der Waals surface area contributed by atoms with Gasteiger partial charge in [-0.25, -0.2) is 4.79 Å². The van der Waals surface area contributed by atoms with Crippen molar-refractivity contribution in [3.63, 3.8) is 0 Å². The highest BCUT2D eigenvalue weighted by atomic mass is 19.4. The van der Waals surface area contributed by atoms with E-state index in [-0.39, 0.29) is 6.07 Å². The van der Waals surface area contributed by atoms with Gasteiger partial charge in [-0.15, -0.1) is 0 Å². The number of hydrogen-bond donors (Lipinski definition) is 1. The highest BCUT2D eigenvalue weighted by Crippen LogP contribution is 2.38. The number of halogens is 6. The molecule has 182 valence electrons. The largest absolute Gasteiger partial charge is 0.445 e. The number of carbonyl (C=O) groups is 2. The third-order valence-corrected chi connectivity index (χ3v) is 5.42. The molecule has 1 atom stereocenters. The van der Waals surface area contributed by atoms with Crippen LogP contribution >= 0.6 is 0 Å². The van der Waals surface area contributed by atoms with Crippen molar-refractivity contribution in [1.82, 2.24) is 4.90 Å². The molecule has 0 bridgehead atoms. The number of rotatable bonds is 5. The SMILES string of the molecule is CN(C(=O)OCc1cc(C(F)(F)F)cc(C(F)(F)F)c1)C1CCc2ccc(/C=C/C(N)=O)cc21. The maximum atomic E-state index is 13.0. The third kappa shape index (κ3) is 5.89. The molecule has 1 aliphatic rings. The Morgan fingerprint density at radius 1 is 1.06 bits per heavy atom. The molecular weight excluding hydrogens is 466 g/mol. The summed E-state index contributed by atoms with van der Waals surface area (Å²) in [5.41, 5.74) is 4.13. The van der Waals surface area contributed by atoms with Gasteiger partial charge >= 0.3 is 18.4 Å². The lowest BCUT2D eigenvalue weighted by Crippen LogP contribution is -2.30. The van der Waals surface area contributed by atoms with Crippen molar-refractivity contribution in [2.75, 3.05) is 7.05 Å². The fourth-order valence-corrected chi connectivity index (χ4v) is 3.76. The summed E-state index contributed by atoms with van der Waals surface area (Å²) in [4.78, 5) is 24.8. The van der Waals surface area contributed by atoms with Crippen molar-refractivity contribution < 1.29 is 40.7 Å². The van der Waals surface area contributed by atoms with Crippen LogP contribution in [0.4, 0.5) is 31.1 Å². The van der Waals surface area contributed by atoms with Crippen molar-refractivity contribution in [2.45, 2.75) is 37.8 Å². The molecule has 0 radical (unpaired) electrons. The minimum Gasteiger partial charge on any atom is -0.445 e. The number of fused-ring (bicyclic) bond motifs is 1. The van der Waals surface area contributed by atoms with Crippen LogP contribution in [-0.2, 0) is 34.9 Å². The van der Waals surface area contributed by atoms with Crippen LogP contribution in [0, 0.1) is 0 Å². The number of hydrogen-bond acceptors (Lipinski definition) is 3. The maximum absolute atomic E-state index is 13.0. The van der Waals surface area contributed by atoms with Crippen molar-refractivity contribution in [1.29, 1.82) is 0 Å². The Kier molecular flexibility index (Phi) is 6.94. The molecule has 3 rings (SSSR count). The predicted octanol–water partition coefficient (Wildman–Crippen LogP) is 5.48. The summed E-state index contributed by atoms with van der Waals surface area (Å²) in [6.45, 7) is -0.767. The normalized spacial score (nSPS) is 15.9. The standard InChI is InChI=1S/C23H20F6N2O3/c1-31(19-6-5-15-4-2-13(10-18(15)19)3-7-20(30)32)21(33)34-12-14-8-16(22(24,25)26)11-17(9-14)23(27,28)29/h2-4,7-11,19H,5-6,12H2,1H3,(H2,30,32)/b7-3+. The van der Waals surface area contributed by atoms with Crippen LogP contribution in [-0.4, -0.2) is 23.9 Å². The molecule has 5 nitrogen and oxygen atoms in total. The average Bonchev–Trinajstić information content (AvgIpc) is 3.17. The van der Waals surface area contributed by atoms with Crippen LogP contribution in [0.25, 0.3) is 6.08 Å². The summed E-state index contributed by atoms with van der Waals surface area (Å²) in [7, 11) is 1.43. The topological polar surface area (TPSA) is 72.6 Å². The van der Waals surface area contributed by atoms with Crippen LogP contribution in [0.2, 0.25) is 0 Å². The van der Waals surface area contributed by atoms with Crippen molar-refractivity contribution in [3.05, 3.63) is 75.9 Å². The minimum absolute atomic E-state index is 0.0111. The molecule has 2 aromatic rings. The van der Waals surface area contributed by atoms with Crippen LogP contribution < -0.4 is 5.73 Å². The summed E-state index contributed by atoms with van der Waals surface area (Å²) in [6.07, 6.45) is -6.99. The number of nitrogens with two attached hydrogens (primary N) is 1. The summed E-state index contributed by atoms with van der Waals surface area (Å²) in [5.74, 6) is -0.624. The zero-order valence-electron chi connectivity index (χ0n) is 17.8. The van der Waals surface area contributed by atoms with Crippen LogP contribution in [0.1, 0.15) is 45.8 Å². The first-order chi connectivity index (χ1) is 15.8. The smallest absolute Gasteiger partial charge is 0.416 e. The van der Waals surface area contributed by atoms with Crippen LogP contribution in [0.3, 0.4) is 0 Å². The van der Waals surface area contributed by atoms with E-state index in [1.807, 2.05) is 6.07 Å². The van der Waals surface area contributed by atoms with E-state index in [1.54, 1.807) is 12.1 Å². The van der Waals surface area contributed by atoms with Gasteiger partial charge in [0.05, 0.1) is 17.2 Å². The molecule has 0 saturated heterocycles. The van der Waals surface area contributed by atoms with E-state index in [4.69, 9.17) is 10.5 Å². The lowest BCUT2D eigenvalue weighted by atomic mass is 10.0. The quantitative estimate of drug-likeness (QED) is 0.450. The monoisotopic (exact) mass is 486 g/mol. The minimum atomic E-state index is -5.00. The number of nitrogens with zero attached hydrogens (tertiary/aromatic N) is 1. The number of amides is 2. The number of alkyl halides is 6. The molecule has 2 N–H and O–H groups in total. The first kappa shape index (κ1) is 25.1. The molecule has 0 aromatic heterocycles. The Balaban J connectivity index is 1.76. The molecule has 1 aliphatic carbocycles. The van der Waals surface area contributed by atoms with Gasteiger partial charge in [-0.05, 0) is 65.4 Å². The number of ether oxygens (including phenoxy) is 1. The average molecular weight is 486 g/mol. The van der Waals surface area contributed by atoms with Crippen molar-refractivity contribution in [3.8, 4) is 0 Å². The lowest BCUT2D eigenvalue weighted by molar-refractivity contribution is -0.143. The van der Waals surface area contributed by atoms with Gasteiger partial charge in [0, 0.05) is 13.1 Å². The van der Waals surface area contributed by atoms with E-state index in [9.17, 15) is 35.9 Å². The highest BCUT2D eigenvalue weighted by molar-refractivity contribution is 5.90. The molecule has 0 saturated carbocycles. The molecule has 0 heterocycles. The van der Waals surface area contributed by atoms with Gasteiger partial charge in [0.25, 0.3) is 0 Å². The summed E-state index contributed by atoms with van der Waals surface area (Å²) in [5, 5.41) is 0. The molecular formula is C23H20F6N2O3. The Morgan fingerprint density at radius 2 is 1.68 bits per heavy atom. The van der Waals surface area contributed by atoms with Gasteiger partial charge in [0.15, 0.2) is 0 Å². The number of carbonyl (C=O) groups excluding carboxylic acids is 2. The number of aryl methyl sites for hydroxylation is 1. The van der Waals surface area contributed by atoms with Crippen LogP contribution in [0.15, 0.2) is 42.5 Å². The van der Waals surface area contributed by atoms with Gasteiger partial charge < -0.3 is 15.4 Å². The molecule has 34 heavy (non-hydrogen) atoms. The second-order valence-electron chi connectivity index (χ2n) is 7.83. The first-order valence-electron chi connectivity index (χ1n) is 10.0. The Bertz CT molecular complexity index is 1090. The molecule has 0 fully saturated rings. The fourth-order valence-electron chi connectivity index (χ4n) is 3.76. The highest BCUT2D eigenvalue weighted by Gasteiger charge is 2.37. The van der Waals surface area contributed by atoms with E-state index >= 15 is 0 Å². The van der Waals surface area contributed by atoms with Crippen LogP contribution in [0.5, 0.6) is 0 Å². The first-order valence-corrected chi connectivity index (χ1v) is 10.0. The zero-order chi connectivity index (χ0) is 25.3. The van der Waals surface area contributed by atoms with Gasteiger partial charge in [-0.1, -0.05) is 12.1 Å². The maximum Gasteiger partial charge on any atom is 0.416 e. The predicted molar refractivity (Wildman–Crippen MR) is 110 cm³/mol. The Labute approximate surface area is 190 Å². The number of benzene rings is 2. The second kappa shape index (κ2) is 9.40. The summed E-state index contributed by atoms with van der Waals surface area (Å²) < 4.78 is 83.2. The lowest BCUT2D eigenvalue weighted by Gasteiger charge is -2.25. The molecule has 1 unspecified atom stereocenters. The molecule has 0 aliphatic heterocycles. The molecule has 11 heteroatoms. The van der Waals surface area contributed by atoms with E-state index in [1.165, 1.54) is 24.1 Å². The Hall–Kier alpha value is -3.50. The summed E-state index contributed by atoms with van der Waals surface area (Å²) >= 11 is 0. The molecule has 0 spiro atoms. The van der Waals surface area contributed by atoms with E-state index in [0.29, 0.717) is 30.5 Å². The van der Waals surface area contributed by atoms with Gasteiger partial charge in [0.2, 0.25) is 5.91 Å². The molecule has 2 aromatic carbocycles. The van der Waals surface area contributed by atoms with Gasteiger partial charge in [-0.3, -0.25) is 4.79 Å². The van der Waals surface area contributed by atoms with E-state index in [0.717, 1.165) is 11.1 Å². The van der Waals surface area contributed by atoms with E-state index in [2.05, 4.69) is 0 Å². The van der Waals surface area contributed by atoms with Crippen molar-refractivity contribution in [2.24, 2.45) is 5.73 Å². The van der Waals surface area contributed by atoms with Gasteiger partial charge in [-0.2, -0.15) is 26.3 Å². The third-order valence-electron chi connectivity index (χ3n) is 5.42.